The Morgan fingerprint density at radius 2 is 0.896 bits per heavy atom. The molecule has 0 saturated carbocycles. The van der Waals surface area contributed by atoms with Gasteiger partial charge in [-0.25, -0.2) is 0 Å². The molecule has 0 radical (unpaired) electrons. The van der Waals surface area contributed by atoms with E-state index >= 15 is 0 Å². The second-order valence-electron chi connectivity index (χ2n) is 13.2. The van der Waals surface area contributed by atoms with Gasteiger partial charge >= 0.3 is 0 Å². The molecule has 9 aromatic rings. The van der Waals surface area contributed by atoms with E-state index in [9.17, 15) is 0 Å². The van der Waals surface area contributed by atoms with Gasteiger partial charge in [0, 0.05) is 10.8 Å². The van der Waals surface area contributed by atoms with Crippen molar-refractivity contribution in [1.82, 2.24) is 0 Å². The van der Waals surface area contributed by atoms with E-state index < -0.39 is 0 Å². The predicted molar refractivity (Wildman–Crippen MR) is 198 cm³/mol. The van der Waals surface area contributed by atoms with Crippen LogP contribution in [-0.4, -0.2) is 0 Å². The average molecular weight is 609 g/mol. The lowest BCUT2D eigenvalue weighted by Crippen LogP contribution is -2.25. The minimum absolute atomic E-state index is 0.381. The van der Waals surface area contributed by atoms with Crippen molar-refractivity contribution in [2.24, 2.45) is 0 Å². The van der Waals surface area contributed by atoms with Crippen molar-refractivity contribution in [3.63, 3.8) is 0 Å². The van der Waals surface area contributed by atoms with Crippen LogP contribution < -0.4 is 0 Å². The zero-order valence-electron chi connectivity index (χ0n) is 26.1. The van der Waals surface area contributed by atoms with Crippen LogP contribution in [0.15, 0.2) is 174 Å². The van der Waals surface area contributed by atoms with Crippen LogP contribution in [0.25, 0.3) is 77.2 Å². The molecular formula is C47H28O. The lowest BCUT2D eigenvalue weighted by Gasteiger charge is -2.30. The van der Waals surface area contributed by atoms with Crippen molar-refractivity contribution in [2.75, 3.05) is 0 Å². The maximum Gasteiger partial charge on any atom is 0.136 e. The van der Waals surface area contributed by atoms with Crippen molar-refractivity contribution in [2.45, 2.75) is 5.41 Å². The van der Waals surface area contributed by atoms with Gasteiger partial charge in [0.2, 0.25) is 0 Å². The summed E-state index contributed by atoms with van der Waals surface area (Å²) < 4.78 is 6.75. The molecule has 222 valence electrons. The number of benzene rings is 8. The Kier molecular flexibility index (Phi) is 5.10. The van der Waals surface area contributed by atoms with Crippen molar-refractivity contribution < 1.29 is 4.42 Å². The predicted octanol–water partition coefficient (Wildman–Crippen LogP) is 12.4. The zero-order chi connectivity index (χ0) is 31.4. The van der Waals surface area contributed by atoms with E-state index in [0.29, 0.717) is 0 Å². The Bertz CT molecular complexity index is 2730. The Morgan fingerprint density at radius 3 is 1.60 bits per heavy atom. The first-order valence-electron chi connectivity index (χ1n) is 16.7. The summed E-state index contributed by atoms with van der Waals surface area (Å²) in [4.78, 5) is 0. The molecule has 0 unspecified atom stereocenters. The third kappa shape index (κ3) is 3.30. The van der Waals surface area contributed by atoms with Gasteiger partial charge in [0.25, 0.3) is 0 Å². The van der Waals surface area contributed by atoms with Crippen LogP contribution >= 0.6 is 0 Å². The Balaban J connectivity index is 1.12. The van der Waals surface area contributed by atoms with Crippen LogP contribution in [-0.2, 0) is 5.41 Å². The maximum absolute atomic E-state index is 6.75. The first-order chi connectivity index (χ1) is 23.8. The summed E-state index contributed by atoms with van der Waals surface area (Å²) in [6.07, 6.45) is 0. The molecule has 0 amide bonds. The van der Waals surface area contributed by atoms with Crippen molar-refractivity contribution in [3.8, 4) is 44.5 Å². The molecule has 0 saturated heterocycles. The van der Waals surface area contributed by atoms with Gasteiger partial charge in [-0.1, -0.05) is 146 Å². The van der Waals surface area contributed by atoms with Crippen molar-refractivity contribution in [1.29, 1.82) is 0 Å². The summed E-state index contributed by atoms with van der Waals surface area (Å²) >= 11 is 0. The molecule has 2 aliphatic carbocycles. The molecule has 1 spiro atoms. The normalized spacial score (nSPS) is 13.6. The minimum Gasteiger partial charge on any atom is -0.456 e. The molecule has 2 aliphatic rings. The van der Waals surface area contributed by atoms with E-state index in [0.717, 1.165) is 16.6 Å². The van der Waals surface area contributed by atoms with E-state index in [4.69, 9.17) is 4.42 Å². The second-order valence-corrected chi connectivity index (χ2v) is 13.2. The van der Waals surface area contributed by atoms with Crippen LogP contribution in [0.4, 0.5) is 0 Å². The standard InChI is InChI=1S/C47H28O/c1-2-11-32-26-33(25-22-29(32)10-1)30-20-23-31(24-21-30)34-15-9-19-44-46(34)39-27-38-37-14-5-8-18-42(37)47(43(38)28-45(39)48-44)40-16-6-3-12-35(40)36-13-4-7-17-41(36)47/h1-28H. The monoisotopic (exact) mass is 608 g/mol. The summed E-state index contributed by atoms with van der Waals surface area (Å²) in [5, 5.41) is 4.84. The van der Waals surface area contributed by atoms with Gasteiger partial charge < -0.3 is 4.42 Å². The molecule has 0 N–H and O–H groups in total. The minimum atomic E-state index is -0.381. The quantitative estimate of drug-likeness (QED) is 0.190. The first-order valence-corrected chi connectivity index (χ1v) is 16.7. The summed E-state index contributed by atoms with van der Waals surface area (Å²) in [5.41, 5.74) is 16.8. The number of hydrogen-bond acceptors (Lipinski definition) is 1. The molecule has 1 nitrogen and oxygen atoms in total. The van der Waals surface area contributed by atoms with Gasteiger partial charge in [-0.15, -0.1) is 0 Å². The summed E-state index contributed by atoms with van der Waals surface area (Å²) in [7, 11) is 0. The van der Waals surface area contributed by atoms with Gasteiger partial charge in [0.05, 0.1) is 5.41 Å². The number of furan rings is 1. The van der Waals surface area contributed by atoms with Gasteiger partial charge in [-0.2, -0.15) is 0 Å². The highest BCUT2D eigenvalue weighted by Gasteiger charge is 2.51. The van der Waals surface area contributed by atoms with E-state index in [2.05, 4.69) is 170 Å². The molecule has 11 rings (SSSR count). The Morgan fingerprint density at radius 1 is 0.333 bits per heavy atom. The smallest absolute Gasteiger partial charge is 0.136 e. The van der Waals surface area contributed by atoms with Crippen LogP contribution in [0.3, 0.4) is 0 Å². The first kappa shape index (κ1) is 25.9. The van der Waals surface area contributed by atoms with Crippen LogP contribution in [0.5, 0.6) is 0 Å². The lowest BCUT2D eigenvalue weighted by atomic mass is 9.70. The largest absolute Gasteiger partial charge is 0.456 e. The van der Waals surface area contributed by atoms with E-state index in [-0.39, 0.29) is 5.41 Å². The summed E-state index contributed by atoms with van der Waals surface area (Å²) in [6.45, 7) is 0. The Hall–Kier alpha value is -6.18. The SMILES string of the molecule is c1ccc2c(c1)-c1ccccc1C21c2ccccc2-c2cc3c(cc21)oc1cccc(-c2ccc(-c4ccc5ccccc5c4)cc2)c13. The van der Waals surface area contributed by atoms with Crippen molar-refractivity contribution in [3.05, 3.63) is 192 Å². The highest BCUT2D eigenvalue weighted by molar-refractivity contribution is 6.14. The van der Waals surface area contributed by atoms with Crippen LogP contribution in [0.2, 0.25) is 0 Å². The topological polar surface area (TPSA) is 13.1 Å². The molecule has 0 bridgehead atoms. The Labute approximate surface area is 278 Å². The van der Waals surface area contributed by atoms with Crippen LogP contribution in [0.1, 0.15) is 22.3 Å². The van der Waals surface area contributed by atoms with E-state index in [1.165, 1.54) is 82.9 Å². The summed E-state index contributed by atoms with van der Waals surface area (Å²) in [5.74, 6) is 0. The fourth-order valence-corrected chi connectivity index (χ4v) is 8.86. The maximum atomic E-state index is 6.75. The third-order valence-corrected chi connectivity index (χ3v) is 10.9. The molecule has 8 aromatic carbocycles. The molecule has 48 heavy (non-hydrogen) atoms. The van der Waals surface area contributed by atoms with Crippen molar-refractivity contribution >= 4 is 32.7 Å². The fourth-order valence-electron chi connectivity index (χ4n) is 8.86. The summed E-state index contributed by atoms with van der Waals surface area (Å²) in [6, 6.07) is 62.3. The fraction of sp³-hybridized carbons (Fsp3) is 0.0213. The zero-order valence-corrected chi connectivity index (χ0v) is 26.1. The number of hydrogen-bond donors (Lipinski definition) is 0. The highest BCUT2D eigenvalue weighted by Crippen LogP contribution is 2.63. The average Bonchev–Trinajstić information content (AvgIpc) is 3.77. The molecule has 1 heteroatoms. The van der Waals surface area contributed by atoms with E-state index in [1.807, 2.05) is 0 Å². The highest BCUT2D eigenvalue weighted by atomic mass is 16.3. The van der Waals surface area contributed by atoms with Gasteiger partial charge in [-0.3, -0.25) is 0 Å². The van der Waals surface area contributed by atoms with Crippen LogP contribution in [0, 0.1) is 0 Å². The van der Waals surface area contributed by atoms with Gasteiger partial charge in [-0.05, 0) is 102 Å². The number of rotatable bonds is 2. The molecule has 1 heterocycles. The van der Waals surface area contributed by atoms with E-state index in [1.54, 1.807) is 0 Å². The third-order valence-electron chi connectivity index (χ3n) is 10.9. The van der Waals surface area contributed by atoms with Gasteiger partial charge in [0.1, 0.15) is 11.2 Å². The molecule has 0 fully saturated rings. The molecule has 1 aromatic heterocycles. The molecule has 0 atom stereocenters. The molecule has 0 aliphatic heterocycles. The second kappa shape index (κ2) is 9.44. The number of fused-ring (bicyclic) bond motifs is 14. The van der Waals surface area contributed by atoms with Gasteiger partial charge in [0.15, 0.2) is 0 Å². The molecular weight excluding hydrogens is 581 g/mol. The lowest BCUT2D eigenvalue weighted by molar-refractivity contribution is 0.666.